The van der Waals surface area contributed by atoms with E-state index in [0.29, 0.717) is 0 Å². The molecule has 94 valence electrons. The van der Waals surface area contributed by atoms with Crippen LogP contribution in [0.15, 0.2) is 66.9 Å². The standard InChI is InChI=1S/C17H13N.ClH/c1-2-6-14(7-3-1)10-11-15-12-13-18-17-9-5-4-8-16(15)17;/h1-13H;1H. The van der Waals surface area contributed by atoms with Crippen LogP contribution in [0.2, 0.25) is 0 Å². The lowest BCUT2D eigenvalue weighted by molar-refractivity contribution is 1.41. The number of hydrogen-bond donors (Lipinski definition) is 0. The predicted molar refractivity (Wildman–Crippen MR) is 84.4 cm³/mol. The molecule has 0 amide bonds. The van der Waals surface area contributed by atoms with Crippen LogP contribution in [-0.4, -0.2) is 4.98 Å². The number of fused-ring (bicyclic) bond motifs is 1. The summed E-state index contributed by atoms with van der Waals surface area (Å²) in [5, 5.41) is 1.19. The summed E-state index contributed by atoms with van der Waals surface area (Å²) in [7, 11) is 0. The Kier molecular flexibility index (Phi) is 4.32. The van der Waals surface area contributed by atoms with E-state index in [1.807, 2.05) is 48.7 Å². The minimum atomic E-state index is 0. The molecule has 0 atom stereocenters. The summed E-state index contributed by atoms with van der Waals surface area (Å²) in [6.07, 6.45) is 6.12. The second kappa shape index (κ2) is 6.17. The van der Waals surface area contributed by atoms with Crippen molar-refractivity contribution in [3.8, 4) is 0 Å². The number of benzene rings is 2. The number of para-hydroxylation sites is 1. The van der Waals surface area contributed by atoms with E-state index < -0.39 is 0 Å². The van der Waals surface area contributed by atoms with Crippen LogP contribution in [0.25, 0.3) is 23.1 Å². The maximum atomic E-state index is 4.36. The lowest BCUT2D eigenvalue weighted by atomic mass is 10.1. The van der Waals surface area contributed by atoms with Crippen molar-refractivity contribution in [1.82, 2.24) is 4.98 Å². The van der Waals surface area contributed by atoms with E-state index >= 15 is 0 Å². The normalized spacial score (nSPS) is 10.5. The van der Waals surface area contributed by atoms with E-state index in [9.17, 15) is 0 Å². The van der Waals surface area contributed by atoms with Crippen LogP contribution >= 0.6 is 12.4 Å². The van der Waals surface area contributed by atoms with Crippen LogP contribution in [0.5, 0.6) is 0 Å². The minimum Gasteiger partial charge on any atom is -0.256 e. The van der Waals surface area contributed by atoms with Crippen LogP contribution in [0.4, 0.5) is 0 Å². The van der Waals surface area contributed by atoms with Crippen molar-refractivity contribution in [2.75, 3.05) is 0 Å². The molecule has 0 saturated carbocycles. The monoisotopic (exact) mass is 267 g/mol. The van der Waals surface area contributed by atoms with Gasteiger partial charge in [0.2, 0.25) is 0 Å². The number of pyridine rings is 1. The molecule has 3 rings (SSSR count). The van der Waals surface area contributed by atoms with Crippen molar-refractivity contribution in [3.05, 3.63) is 78.0 Å². The highest BCUT2D eigenvalue weighted by atomic mass is 35.5. The maximum Gasteiger partial charge on any atom is 0.0707 e. The van der Waals surface area contributed by atoms with Crippen molar-refractivity contribution in [2.24, 2.45) is 0 Å². The Morgan fingerprint density at radius 3 is 2.32 bits per heavy atom. The molecule has 0 aliphatic heterocycles. The van der Waals surface area contributed by atoms with Gasteiger partial charge < -0.3 is 0 Å². The van der Waals surface area contributed by atoms with Crippen molar-refractivity contribution in [1.29, 1.82) is 0 Å². The van der Waals surface area contributed by atoms with Gasteiger partial charge in [0.05, 0.1) is 5.52 Å². The van der Waals surface area contributed by atoms with E-state index in [1.54, 1.807) is 0 Å². The second-order valence-electron chi connectivity index (χ2n) is 4.16. The highest BCUT2D eigenvalue weighted by Gasteiger charge is 1.97. The summed E-state index contributed by atoms with van der Waals surface area (Å²) >= 11 is 0. The quantitative estimate of drug-likeness (QED) is 0.648. The molecule has 2 aromatic carbocycles. The van der Waals surface area contributed by atoms with E-state index in [0.717, 1.165) is 5.52 Å². The first kappa shape index (κ1) is 13.3. The molecule has 0 aliphatic carbocycles. The zero-order chi connectivity index (χ0) is 12.2. The zero-order valence-corrected chi connectivity index (χ0v) is 11.2. The Morgan fingerprint density at radius 2 is 1.47 bits per heavy atom. The summed E-state index contributed by atoms with van der Waals surface area (Å²) in [5.41, 5.74) is 3.44. The summed E-state index contributed by atoms with van der Waals surface area (Å²) in [6, 6.07) is 20.6. The van der Waals surface area contributed by atoms with Crippen LogP contribution in [0.1, 0.15) is 11.1 Å². The van der Waals surface area contributed by atoms with Crippen LogP contribution in [0, 0.1) is 0 Å². The summed E-state index contributed by atoms with van der Waals surface area (Å²) < 4.78 is 0. The fourth-order valence-electron chi connectivity index (χ4n) is 2.01. The first-order valence-corrected chi connectivity index (χ1v) is 6.00. The summed E-state index contributed by atoms with van der Waals surface area (Å²) in [5.74, 6) is 0. The van der Waals surface area contributed by atoms with Gasteiger partial charge in [0.25, 0.3) is 0 Å². The molecular weight excluding hydrogens is 254 g/mol. The van der Waals surface area contributed by atoms with Crippen LogP contribution in [-0.2, 0) is 0 Å². The van der Waals surface area contributed by atoms with Gasteiger partial charge in [0, 0.05) is 11.6 Å². The van der Waals surface area contributed by atoms with Gasteiger partial charge in [-0.25, -0.2) is 0 Å². The Balaban J connectivity index is 0.00000133. The number of halogens is 1. The van der Waals surface area contributed by atoms with E-state index in [2.05, 4.69) is 35.3 Å². The average molecular weight is 268 g/mol. The highest BCUT2D eigenvalue weighted by molar-refractivity contribution is 5.90. The van der Waals surface area contributed by atoms with Crippen LogP contribution in [0.3, 0.4) is 0 Å². The van der Waals surface area contributed by atoms with Crippen molar-refractivity contribution in [3.63, 3.8) is 0 Å². The molecular formula is C17H14ClN. The number of nitrogens with zero attached hydrogens (tertiary/aromatic N) is 1. The largest absolute Gasteiger partial charge is 0.256 e. The molecule has 0 radical (unpaired) electrons. The number of hydrogen-bond acceptors (Lipinski definition) is 1. The first-order valence-electron chi connectivity index (χ1n) is 6.00. The molecule has 0 aliphatic rings. The van der Waals surface area contributed by atoms with Gasteiger partial charge in [-0.05, 0) is 23.3 Å². The topological polar surface area (TPSA) is 12.9 Å². The maximum absolute atomic E-state index is 4.36. The van der Waals surface area contributed by atoms with Gasteiger partial charge in [0.1, 0.15) is 0 Å². The summed E-state index contributed by atoms with van der Waals surface area (Å²) in [4.78, 5) is 4.36. The third-order valence-corrected chi connectivity index (χ3v) is 2.94. The van der Waals surface area contributed by atoms with Gasteiger partial charge in [-0.1, -0.05) is 60.7 Å². The molecule has 0 unspecified atom stereocenters. The fraction of sp³-hybridized carbons (Fsp3) is 0. The lowest BCUT2D eigenvalue weighted by Crippen LogP contribution is -1.81. The Morgan fingerprint density at radius 1 is 0.737 bits per heavy atom. The minimum absolute atomic E-state index is 0. The van der Waals surface area contributed by atoms with Gasteiger partial charge in [0.15, 0.2) is 0 Å². The van der Waals surface area contributed by atoms with E-state index in [4.69, 9.17) is 0 Å². The Labute approximate surface area is 119 Å². The van der Waals surface area contributed by atoms with Crippen molar-refractivity contribution < 1.29 is 0 Å². The van der Waals surface area contributed by atoms with Gasteiger partial charge >= 0.3 is 0 Å². The molecule has 1 aromatic heterocycles. The predicted octanol–water partition coefficient (Wildman–Crippen LogP) is 4.83. The lowest BCUT2D eigenvalue weighted by Gasteiger charge is -2.00. The molecule has 1 heterocycles. The molecule has 0 fully saturated rings. The molecule has 2 heteroatoms. The van der Waals surface area contributed by atoms with Gasteiger partial charge in [-0.2, -0.15) is 0 Å². The van der Waals surface area contributed by atoms with Crippen molar-refractivity contribution >= 4 is 35.5 Å². The molecule has 0 N–H and O–H groups in total. The third kappa shape index (κ3) is 3.01. The SMILES string of the molecule is C(=Cc1ccnc2ccccc12)c1ccccc1.Cl. The summed E-state index contributed by atoms with van der Waals surface area (Å²) in [6.45, 7) is 0. The Hall–Kier alpha value is -2.12. The number of aromatic nitrogens is 1. The molecule has 0 bridgehead atoms. The molecule has 0 saturated heterocycles. The highest BCUT2D eigenvalue weighted by Crippen LogP contribution is 2.18. The third-order valence-electron chi connectivity index (χ3n) is 2.94. The zero-order valence-electron chi connectivity index (χ0n) is 10.4. The molecule has 0 spiro atoms. The van der Waals surface area contributed by atoms with E-state index in [1.165, 1.54) is 16.5 Å². The van der Waals surface area contributed by atoms with Gasteiger partial charge in [-0.3, -0.25) is 4.98 Å². The Bertz CT molecular complexity index is 684. The van der Waals surface area contributed by atoms with E-state index in [-0.39, 0.29) is 12.4 Å². The first-order chi connectivity index (χ1) is 8.93. The van der Waals surface area contributed by atoms with Crippen LogP contribution < -0.4 is 0 Å². The van der Waals surface area contributed by atoms with Crippen molar-refractivity contribution in [2.45, 2.75) is 0 Å². The smallest absolute Gasteiger partial charge is 0.0707 e. The average Bonchev–Trinajstić information content (AvgIpc) is 2.46. The molecule has 1 nitrogen and oxygen atoms in total. The number of rotatable bonds is 2. The van der Waals surface area contributed by atoms with Gasteiger partial charge in [-0.15, -0.1) is 12.4 Å². The molecule has 19 heavy (non-hydrogen) atoms. The second-order valence-corrected chi connectivity index (χ2v) is 4.16. The fourth-order valence-corrected chi connectivity index (χ4v) is 2.01. The molecule has 3 aromatic rings.